The summed E-state index contributed by atoms with van der Waals surface area (Å²) in [5.74, 6) is 0. The Morgan fingerprint density at radius 1 is 1.41 bits per heavy atom. The largest absolute Gasteiger partial charge is 0.366 e. The van der Waals surface area contributed by atoms with E-state index < -0.39 is 0 Å². The third kappa shape index (κ3) is 2.43. The Hall–Kier alpha value is -0.730. The van der Waals surface area contributed by atoms with E-state index in [1.165, 1.54) is 24.9 Å². The quantitative estimate of drug-likeness (QED) is 0.891. The van der Waals surface area contributed by atoms with Gasteiger partial charge in [0.25, 0.3) is 0 Å². The molecule has 2 unspecified atom stereocenters. The number of anilines is 1. The minimum Gasteiger partial charge on any atom is -0.366 e. The van der Waals surface area contributed by atoms with Crippen LogP contribution in [0.2, 0.25) is 5.02 Å². The first-order valence-corrected chi connectivity index (χ1v) is 6.82. The average Bonchev–Trinajstić information content (AvgIpc) is 2.70. The van der Waals surface area contributed by atoms with Gasteiger partial charge in [-0.1, -0.05) is 24.6 Å². The van der Waals surface area contributed by atoms with Crippen LogP contribution in [0, 0.1) is 0 Å². The van der Waals surface area contributed by atoms with E-state index in [9.17, 15) is 0 Å². The van der Waals surface area contributed by atoms with E-state index in [4.69, 9.17) is 17.3 Å². The fourth-order valence-electron chi connectivity index (χ4n) is 2.80. The standard InChI is InChI=1S/C14H21ClN2/c1-3-12-6-4-10(2)17(12)13-7-5-11(9-16)14(15)8-13/h5,7-8,10,12H,3-4,6,9,16H2,1-2H3. The van der Waals surface area contributed by atoms with E-state index in [1.807, 2.05) is 0 Å². The summed E-state index contributed by atoms with van der Waals surface area (Å²) in [7, 11) is 0. The van der Waals surface area contributed by atoms with Crippen LogP contribution in [0.1, 0.15) is 38.7 Å². The second kappa shape index (κ2) is 5.28. The topological polar surface area (TPSA) is 29.3 Å². The number of nitrogens with zero attached hydrogens (tertiary/aromatic N) is 1. The molecule has 2 rings (SSSR count). The lowest BCUT2D eigenvalue weighted by atomic mass is 10.1. The predicted octanol–water partition coefficient (Wildman–Crippen LogP) is 3.57. The first-order chi connectivity index (χ1) is 8.17. The first kappa shape index (κ1) is 12.7. The van der Waals surface area contributed by atoms with Crippen LogP contribution in [-0.2, 0) is 6.54 Å². The number of nitrogens with two attached hydrogens (primary N) is 1. The summed E-state index contributed by atoms with van der Waals surface area (Å²) < 4.78 is 0. The molecule has 94 valence electrons. The molecule has 0 aromatic heterocycles. The van der Waals surface area contributed by atoms with Gasteiger partial charge in [0.2, 0.25) is 0 Å². The Morgan fingerprint density at radius 2 is 2.18 bits per heavy atom. The number of rotatable bonds is 3. The molecule has 0 amide bonds. The van der Waals surface area contributed by atoms with Gasteiger partial charge in [-0.15, -0.1) is 0 Å². The molecule has 17 heavy (non-hydrogen) atoms. The zero-order valence-electron chi connectivity index (χ0n) is 10.6. The van der Waals surface area contributed by atoms with Crippen LogP contribution >= 0.6 is 11.6 Å². The van der Waals surface area contributed by atoms with Crippen molar-refractivity contribution in [2.75, 3.05) is 4.90 Å². The Kier molecular flexibility index (Phi) is 3.95. The molecular formula is C14H21ClN2. The van der Waals surface area contributed by atoms with E-state index in [0.29, 0.717) is 18.6 Å². The SMILES string of the molecule is CCC1CCC(C)N1c1ccc(CN)c(Cl)c1. The van der Waals surface area contributed by atoms with Crippen LogP contribution in [0.5, 0.6) is 0 Å². The van der Waals surface area contributed by atoms with Crippen molar-refractivity contribution >= 4 is 17.3 Å². The molecule has 0 spiro atoms. The molecule has 1 fully saturated rings. The van der Waals surface area contributed by atoms with Gasteiger partial charge >= 0.3 is 0 Å². The fraction of sp³-hybridized carbons (Fsp3) is 0.571. The Balaban J connectivity index is 2.29. The minimum atomic E-state index is 0.506. The van der Waals surface area contributed by atoms with Gasteiger partial charge in [-0.05, 0) is 43.9 Å². The third-order valence-electron chi connectivity index (χ3n) is 3.81. The van der Waals surface area contributed by atoms with Crippen molar-refractivity contribution in [3.63, 3.8) is 0 Å². The van der Waals surface area contributed by atoms with Crippen molar-refractivity contribution < 1.29 is 0 Å². The lowest BCUT2D eigenvalue weighted by Crippen LogP contribution is -2.34. The second-order valence-electron chi connectivity index (χ2n) is 4.88. The third-order valence-corrected chi connectivity index (χ3v) is 4.16. The number of hydrogen-bond donors (Lipinski definition) is 1. The lowest BCUT2D eigenvalue weighted by molar-refractivity contribution is 0.628. The zero-order chi connectivity index (χ0) is 12.4. The maximum absolute atomic E-state index is 6.24. The van der Waals surface area contributed by atoms with Crippen molar-refractivity contribution in [1.82, 2.24) is 0 Å². The summed E-state index contributed by atoms with van der Waals surface area (Å²) >= 11 is 6.24. The van der Waals surface area contributed by atoms with Gasteiger partial charge in [0.1, 0.15) is 0 Å². The van der Waals surface area contributed by atoms with Crippen LogP contribution in [0.15, 0.2) is 18.2 Å². The van der Waals surface area contributed by atoms with Gasteiger partial charge in [-0.25, -0.2) is 0 Å². The Labute approximate surface area is 109 Å². The molecule has 1 saturated heterocycles. The van der Waals surface area contributed by atoms with Crippen molar-refractivity contribution in [1.29, 1.82) is 0 Å². The highest BCUT2D eigenvalue weighted by molar-refractivity contribution is 6.31. The summed E-state index contributed by atoms with van der Waals surface area (Å²) in [4.78, 5) is 2.51. The monoisotopic (exact) mass is 252 g/mol. The molecule has 0 aliphatic carbocycles. The van der Waals surface area contributed by atoms with Gasteiger partial charge in [-0.3, -0.25) is 0 Å². The van der Waals surface area contributed by atoms with Crippen LogP contribution < -0.4 is 10.6 Å². The van der Waals surface area contributed by atoms with E-state index >= 15 is 0 Å². The van der Waals surface area contributed by atoms with Crippen molar-refractivity contribution in [2.24, 2.45) is 5.73 Å². The second-order valence-corrected chi connectivity index (χ2v) is 5.28. The average molecular weight is 253 g/mol. The first-order valence-electron chi connectivity index (χ1n) is 6.44. The molecule has 0 bridgehead atoms. The van der Waals surface area contributed by atoms with Crippen molar-refractivity contribution in [3.05, 3.63) is 28.8 Å². The Morgan fingerprint density at radius 3 is 2.76 bits per heavy atom. The van der Waals surface area contributed by atoms with Crippen LogP contribution in [0.3, 0.4) is 0 Å². The molecule has 0 radical (unpaired) electrons. The molecule has 1 heterocycles. The molecule has 2 N–H and O–H groups in total. The van der Waals surface area contributed by atoms with E-state index in [1.54, 1.807) is 0 Å². The highest BCUT2D eigenvalue weighted by atomic mass is 35.5. The summed E-state index contributed by atoms with van der Waals surface area (Å²) in [5, 5.41) is 0.791. The van der Waals surface area contributed by atoms with Crippen molar-refractivity contribution in [2.45, 2.75) is 51.7 Å². The minimum absolute atomic E-state index is 0.506. The van der Waals surface area contributed by atoms with Gasteiger partial charge < -0.3 is 10.6 Å². The summed E-state index contributed by atoms with van der Waals surface area (Å²) in [6.45, 7) is 5.05. The normalized spacial score (nSPS) is 24.4. The summed E-state index contributed by atoms with van der Waals surface area (Å²) in [6.07, 6.45) is 3.75. The van der Waals surface area contributed by atoms with Crippen LogP contribution in [-0.4, -0.2) is 12.1 Å². The predicted molar refractivity (Wildman–Crippen MR) is 74.6 cm³/mol. The van der Waals surface area contributed by atoms with Crippen molar-refractivity contribution in [3.8, 4) is 0 Å². The highest BCUT2D eigenvalue weighted by Crippen LogP contribution is 2.34. The molecule has 3 heteroatoms. The van der Waals surface area contributed by atoms with Gasteiger partial charge in [0, 0.05) is 29.3 Å². The highest BCUT2D eigenvalue weighted by Gasteiger charge is 2.29. The number of benzene rings is 1. The van der Waals surface area contributed by atoms with Gasteiger partial charge in [0.15, 0.2) is 0 Å². The Bertz CT molecular complexity index is 392. The molecule has 1 aromatic rings. The molecule has 1 aromatic carbocycles. The van der Waals surface area contributed by atoms with Gasteiger partial charge in [0.05, 0.1) is 0 Å². The van der Waals surface area contributed by atoms with E-state index in [-0.39, 0.29) is 0 Å². The molecule has 1 aliphatic heterocycles. The summed E-state index contributed by atoms with van der Waals surface area (Å²) in [6, 6.07) is 7.53. The van der Waals surface area contributed by atoms with Crippen LogP contribution in [0.25, 0.3) is 0 Å². The van der Waals surface area contributed by atoms with E-state index in [2.05, 4.69) is 36.9 Å². The molecule has 2 atom stereocenters. The maximum atomic E-state index is 6.24. The zero-order valence-corrected chi connectivity index (χ0v) is 11.4. The van der Waals surface area contributed by atoms with Gasteiger partial charge in [-0.2, -0.15) is 0 Å². The smallest absolute Gasteiger partial charge is 0.0471 e. The molecular weight excluding hydrogens is 232 g/mol. The maximum Gasteiger partial charge on any atom is 0.0471 e. The molecule has 0 saturated carbocycles. The molecule has 2 nitrogen and oxygen atoms in total. The lowest BCUT2D eigenvalue weighted by Gasteiger charge is -2.30. The number of halogens is 1. The number of hydrogen-bond acceptors (Lipinski definition) is 2. The van der Waals surface area contributed by atoms with Crippen LogP contribution in [0.4, 0.5) is 5.69 Å². The van der Waals surface area contributed by atoms with E-state index in [0.717, 1.165) is 10.6 Å². The fourth-order valence-corrected chi connectivity index (χ4v) is 3.05. The molecule has 1 aliphatic rings. The summed E-state index contributed by atoms with van der Waals surface area (Å²) in [5.41, 5.74) is 7.90.